The fraction of sp³-hybridized carbons (Fsp3) is 0.250. The van der Waals surface area contributed by atoms with Gasteiger partial charge in [-0.1, -0.05) is 43.3 Å². The molecule has 0 bridgehead atoms. The molecule has 2 N–H and O–H groups in total. The Morgan fingerprint density at radius 3 is 2.43 bits per heavy atom. The van der Waals surface area contributed by atoms with Gasteiger partial charge in [0.15, 0.2) is 6.04 Å². The fourth-order valence-corrected chi connectivity index (χ4v) is 2.98. The van der Waals surface area contributed by atoms with Gasteiger partial charge in [0.1, 0.15) is 0 Å². The summed E-state index contributed by atoms with van der Waals surface area (Å²) in [6.45, 7) is 1.91. The zero-order valence-corrected chi connectivity index (χ0v) is 12.5. The minimum Gasteiger partial charge on any atom is -0.479 e. The summed E-state index contributed by atoms with van der Waals surface area (Å²) >= 11 is 1.32. The average Bonchev–Trinajstić information content (AvgIpc) is 3.00. The number of benzene rings is 1. The maximum absolute atomic E-state index is 12.4. The van der Waals surface area contributed by atoms with E-state index in [4.69, 9.17) is 0 Å². The van der Waals surface area contributed by atoms with Gasteiger partial charge in [0.05, 0.1) is 5.92 Å². The Morgan fingerprint density at radius 1 is 1.19 bits per heavy atom. The molecule has 4 nitrogen and oxygen atoms in total. The molecular weight excluding hydrogens is 286 g/mol. The third kappa shape index (κ3) is 3.70. The lowest BCUT2D eigenvalue weighted by Gasteiger charge is -2.19. The molecule has 1 aromatic heterocycles. The molecular formula is C16H17NO3S. The molecule has 1 amide bonds. The van der Waals surface area contributed by atoms with Crippen molar-refractivity contribution in [3.63, 3.8) is 0 Å². The lowest BCUT2D eigenvalue weighted by atomic mass is 9.95. The SMILES string of the molecule is CCC(C(=O)NC(C(=O)O)c1cccs1)c1ccccc1. The van der Waals surface area contributed by atoms with Gasteiger partial charge in [-0.05, 0) is 23.4 Å². The first kappa shape index (κ1) is 15.3. The molecule has 0 saturated heterocycles. The summed E-state index contributed by atoms with van der Waals surface area (Å²) in [5, 5.41) is 13.7. The van der Waals surface area contributed by atoms with Crippen LogP contribution in [-0.4, -0.2) is 17.0 Å². The minimum absolute atomic E-state index is 0.260. The Morgan fingerprint density at radius 2 is 1.90 bits per heavy atom. The predicted molar refractivity (Wildman–Crippen MR) is 82.3 cm³/mol. The molecule has 0 aliphatic rings. The van der Waals surface area contributed by atoms with Gasteiger partial charge >= 0.3 is 5.97 Å². The fourth-order valence-electron chi connectivity index (χ4n) is 2.21. The molecule has 1 aromatic carbocycles. The summed E-state index contributed by atoms with van der Waals surface area (Å²) in [5.74, 6) is -1.65. The van der Waals surface area contributed by atoms with Crippen LogP contribution in [0.3, 0.4) is 0 Å². The van der Waals surface area contributed by atoms with E-state index in [1.165, 1.54) is 11.3 Å². The van der Waals surface area contributed by atoms with Crippen molar-refractivity contribution in [2.75, 3.05) is 0 Å². The number of thiophene rings is 1. The van der Waals surface area contributed by atoms with E-state index in [0.717, 1.165) is 5.56 Å². The molecule has 0 fully saturated rings. The van der Waals surface area contributed by atoms with Crippen molar-refractivity contribution in [2.45, 2.75) is 25.3 Å². The quantitative estimate of drug-likeness (QED) is 0.861. The molecule has 2 aromatic rings. The van der Waals surface area contributed by atoms with E-state index in [2.05, 4.69) is 5.32 Å². The second-order valence-corrected chi connectivity index (χ2v) is 5.65. The van der Waals surface area contributed by atoms with Gasteiger partial charge in [-0.2, -0.15) is 0 Å². The molecule has 1 heterocycles. The smallest absolute Gasteiger partial charge is 0.331 e. The summed E-state index contributed by atoms with van der Waals surface area (Å²) in [5.41, 5.74) is 0.896. The first-order valence-corrected chi connectivity index (χ1v) is 7.63. The highest BCUT2D eigenvalue weighted by atomic mass is 32.1. The van der Waals surface area contributed by atoms with E-state index in [9.17, 15) is 14.7 Å². The number of carbonyl (C=O) groups is 2. The number of hydrogen-bond acceptors (Lipinski definition) is 3. The van der Waals surface area contributed by atoms with Gasteiger partial charge in [-0.15, -0.1) is 11.3 Å². The summed E-state index contributed by atoms with van der Waals surface area (Å²) < 4.78 is 0. The standard InChI is InChI=1S/C16H17NO3S/c1-2-12(11-7-4-3-5-8-11)15(18)17-14(16(19)20)13-9-6-10-21-13/h3-10,12,14H,2H2,1H3,(H,17,18)(H,19,20). The predicted octanol–water partition coefficient (Wildman–Crippen LogP) is 3.18. The Balaban J connectivity index is 2.16. The summed E-state index contributed by atoms with van der Waals surface area (Å²) in [6.07, 6.45) is 0.618. The van der Waals surface area contributed by atoms with Crippen LogP contribution in [0.2, 0.25) is 0 Å². The molecule has 0 spiro atoms. The molecule has 5 heteroatoms. The maximum Gasteiger partial charge on any atom is 0.331 e. The number of amides is 1. The van der Waals surface area contributed by atoms with Crippen LogP contribution in [0.5, 0.6) is 0 Å². The zero-order chi connectivity index (χ0) is 15.2. The van der Waals surface area contributed by atoms with Gasteiger partial charge in [0.25, 0.3) is 0 Å². The Hall–Kier alpha value is -2.14. The third-order valence-electron chi connectivity index (χ3n) is 3.29. The topological polar surface area (TPSA) is 66.4 Å². The highest BCUT2D eigenvalue weighted by Crippen LogP contribution is 2.23. The van der Waals surface area contributed by atoms with Crippen LogP contribution in [0.1, 0.15) is 35.7 Å². The first-order chi connectivity index (χ1) is 10.1. The van der Waals surface area contributed by atoms with Crippen molar-refractivity contribution in [2.24, 2.45) is 0 Å². The van der Waals surface area contributed by atoms with Gasteiger partial charge in [0, 0.05) is 4.88 Å². The number of rotatable bonds is 6. The molecule has 2 rings (SSSR count). The van der Waals surface area contributed by atoms with Crippen LogP contribution in [0.4, 0.5) is 0 Å². The molecule has 21 heavy (non-hydrogen) atoms. The van der Waals surface area contributed by atoms with E-state index < -0.39 is 12.0 Å². The summed E-state index contributed by atoms with van der Waals surface area (Å²) in [7, 11) is 0. The molecule has 0 aliphatic heterocycles. The maximum atomic E-state index is 12.4. The van der Waals surface area contributed by atoms with Crippen molar-refractivity contribution >= 4 is 23.2 Å². The molecule has 2 unspecified atom stereocenters. The number of hydrogen-bond donors (Lipinski definition) is 2. The highest BCUT2D eigenvalue weighted by molar-refractivity contribution is 7.10. The number of nitrogens with one attached hydrogen (secondary N) is 1. The molecule has 0 radical (unpaired) electrons. The van der Waals surface area contributed by atoms with Crippen molar-refractivity contribution in [3.8, 4) is 0 Å². The van der Waals surface area contributed by atoms with Gasteiger partial charge in [0.2, 0.25) is 5.91 Å². The third-order valence-corrected chi connectivity index (χ3v) is 4.23. The summed E-state index contributed by atoms with van der Waals surface area (Å²) in [6, 6.07) is 11.9. The molecule has 0 saturated carbocycles. The Kier molecular flexibility index (Phi) is 5.11. The zero-order valence-electron chi connectivity index (χ0n) is 11.7. The van der Waals surface area contributed by atoms with Crippen molar-refractivity contribution in [1.29, 1.82) is 0 Å². The number of carboxylic acid groups (broad SMARTS) is 1. The van der Waals surface area contributed by atoms with Gasteiger partial charge in [-0.3, -0.25) is 4.79 Å². The monoisotopic (exact) mass is 303 g/mol. The van der Waals surface area contributed by atoms with E-state index in [1.807, 2.05) is 37.3 Å². The molecule has 0 aliphatic carbocycles. The van der Waals surface area contributed by atoms with Crippen molar-refractivity contribution < 1.29 is 14.7 Å². The van der Waals surface area contributed by atoms with Crippen LogP contribution in [0.15, 0.2) is 47.8 Å². The van der Waals surface area contributed by atoms with Gasteiger partial charge < -0.3 is 10.4 Å². The normalized spacial score (nSPS) is 13.4. The lowest BCUT2D eigenvalue weighted by Crippen LogP contribution is -2.36. The Bertz CT molecular complexity index is 595. The van der Waals surface area contributed by atoms with Gasteiger partial charge in [-0.25, -0.2) is 4.79 Å². The summed E-state index contributed by atoms with van der Waals surface area (Å²) in [4.78, 5) is 24.4. The van der Waals surface area contributed by atoms with Crippen LogP contribution in [0.25, 0.3) is 0 Å². The van der Waals surface area contributed by atoms with Crippen LogP contribution >= 0.6 is 11.3 Å². The van der Waals surface area contributed by atoms with E-state index >= 15 is 0 Å². The largest absolute Gasteiger partial charge is 0.479 e. The molecule has 2 atom stereocenters. The highest BCUT2D eigenvalue weighted by Gasteiger charge is 2.27. The lowest BCUT2D eigenvalue weighted by molar-refractivity contribution is -0.142. The minimum atomic E-state index is -1.05. The molecule has 110 valence electrons. The average molecular weight is 303 g/mol. The Labute approximate surface area is 127 Å². The van der Waals surface area contributed by atoms with E-state index in [-0.39, 0.29) is 11.8 Å². The van der Waals surface area contributed by atoms with Crippen LogP contribution in [0, 0.1) is 0 Å². The number of carboxylic acids is 1. The second-order valence-electron chi connectivity index (χ2n) is 4.67. The van der Waals surface area contributed by atoms with E-state index in [0.29, 0.717) is 11.3 Å². The van der Waals surface area contributed by atoms with Crippen LogP contribution < -0.4 is 5.32 Å². The first-order valence-electron chi connectivity index (χ1n) is 6.75. The van der Waals surface area contributed by atoms with E-state index in [1.54, 1.807) is 17.5 Å². The second kappa shape index (κ2) is 7.04. The van der Waals surface area contributed by atoms with Crippen molar-refractivity contribution in [3.05, 3.63) is 58.3 Å². The van der Waals surface area contributed by atoms with Crippen molar-refractivity contribution in [1.82, 2.24) is 5.32 Å². The van der Waals surface area contributed by atoms with Crippen LogP contribution in [-0.2, 0) is 9.59 Å². The number of carbonyl (C=O) groups excluding carboxylic acids is 1. The number of aliphatic carboxylic acids is 1.